The fraction of sp³-hybridized carbons (Fsp3) is 0.192. The van der Waals surface area contributed by atoms with Crippen LogP contribution in [0.15, 0.2) is 48.8 Å². The normalized spacial score (nSPS) is 12.0. The van der Waals surface area contributed by atoms with Crippen LogP contribution in [0.25, 0.3) is 22.5 Å². The van der Waals surface area contributed by atoms with Gasteiger partial charge in [-0.1, -0.05) is 12.1 Å². The first-order valence-corrected chi connectivity index (χ1v) is 11.6. The minimum absolute atomic E-state index is 0.125. The van der Waals surface area contributed by atoms with Crippen molar-refractivity contribution in [2.45, 2.75) is 20.1 Å². The summed E-state index contributed by atoms with van der Waals surface area (Å²) in [6, 6.07) is 11.3. The van der Waals surface area contributed by atoms with Crippen molar-refractivity contribution < 1.29 is 14.3 Å². The Hall–Kier alpha value is -4.77. The van der Waals surface area contributed by atoms with Gasteiger partial charge in [0.25, 0.3) is 5.91 Å². The number of ether oxygens (including phenoxy) is 2. The van der Waals surface area contributed by atoms with E-state index in [0.717, 1.165) is 27.9 Å². The lowest BCUT2D eigenvalue weighted by Gasteiger charge is -2.18. The zero-order valence-electron chi connectivity index (χ0n) is 20.6. The van der Waals surface area contributed by atoms with Gasteiger partial charge in [-0.2, -0.15) is 0 Å². The van der Waals surface area contributed by atoms with Crippen molar-refractivity contribution in [1.29, 1.82) is 0 Å². The third-order valence-corrected chi connectivity index (χ3v) is 6.03. The van der Waals surface area contributed by atoms with Crippen LogP contribution in [0, 0.1) is 6.92 Å². The molecular weight excluding hydrogens is 472 g/mol. The molecule has 5 N–H and O–H groups in total. The van der Waals surface area contributed by atoms with E-state index in [1.54, 1.807) is 38.7 Å². The van der Waals surface area contributed by atoms with Gasteiger partial charge >= 0.3 is 0 Å². The number of nitrogens with zero attached hydrogens (tertiary/aromatic N) is 4. The van der Waals surface area contributed by atoms with Crippen molar-refractivity contribution in [1.82, 2.24) is 25.4 Å². The topological polar surface area (TPSA) is 149 Å². The summed E-state index contributed by atoms with van der Waals surface area (Å²) in [6.07, 6.45) is 3.14. The highest BCUT2D eigenvalue weighted by Crippen LogP contribution is 2.40. The Labute approximate surface area is 213 Å². The minimum Gasteiger partial charge on any atom is -0.494 e. The van der Waals surface area contributed by atoms with Gasteiger partial charge < -0.3 is 25.9 Å². The van der Waals surface area contributed by atoms with Crippen LogP contribution in [0.1, 0.15) is 27.4 Å². The molecule has 1 aromatic carbocycles. The molecule has 0 atom stereocenters. The van der Waals surface area contributed by atoms with E-state index < -0.39 is 5.91 Å². The van der Waals surface area contributed by atoms with E-state index in [4.69, 9.17) is 15.2 Å². The zero-order chi connectivity index (χ0) is 25.9. The predicted molar refractivity (Wildman–Crippen MR) is 139 cm³/mol. The molecule has 0 fully saturated rings. The first-order chi connectivity index (χ1) is 18.0. The molecule has 188 valence electrons. The number of hydrogen-bond acceptors (Lipinski definition) is 10. The summed E-state index contributed by atoms with van der Waals surface area (Å²) in [5, 5.41) is 3.13. The smallest absolute Gasteiger partial charge is 0.269 e. The van der Waals surface area contributed by atoms with Gasteiger partial charge in [-0.05, 0) is 36.2 Å². The number of methoxy groups -OCH3 is 1. The number of pyridine rings is 2. The number of nitrogens with one attached hydrogen (secondary N) is 3. The highest BCUT2D eigenvalue weighted by Gasteiger charge is 2.24. The molecule has 4 heterocycles. The van der Waals surface area contributed by atoms with E-state index in [2.05, 4.69) is 36.1 Å². The highest BCUT2D eigenvalue weighted by atomic mass is 16.5. The number of fused-ring (bicyclic) bond motifs is 1. The summed E-state index contributed by atoms with van der Waals surface area (Å²) >= 11 is 0. The fourth-order valence-electron chi connectivity index (χ4n) is 4.27. The number of carbonyl (C=O) groups is 1. The number of anilines is 2. The molecule has 0 spiro atoms. The third kappa shape index (κ3) is 4.71. The van der Waals surface area contributed by atoms with Gasteiger partial charge in [0.05, 0.1) is 42.3 Å². The lowest BCUT2D eigenvalue weighted by atomic mass is 9.92. The average molecular weight is 499 g/mol. The summed E-state index contributed by atoms with van der Waals surface area (Å²) in [7, 11) is 3.30. The van der Waals surface area contributed by atoms with Crippen molar-refractivity contribution in [3.8, 4) is 34.1 Å². The number of aryl methyl sites for hydroxylation is 1. The Morgan fingerprint density at radius 1 is 1.14 bits per heavy atom. The van der Waals surface area contributed by atoms with Gasteiger partial charge in [-0.3, -0.25) is 4.79 Å². The Kier molecular flexibility index (Phi) is 6.52. The second-order valence-corrected chi connectivity index (χ2v) is 8.34. The van der Waals surface area contributed by atoms with Gasteiger partial charge in [-0.15, -0.1) is 0 Å². The highest BCUT2D eigenvalue weighted by molar-refractivity contribution is 6.02. The molecule has 37 heavy (non-hydrogen) atoms. The number of hydrazine groups is 1. The van der Waals surface area contributed by atoms with E-state index in [1.165, 1.54) is 0 Å². The Balaban J connectivity index is 1.55. The van der Waals surface area contributed by atoms with Crippen LogP contribution in [0.2, 0.25) is 0 Å². The van der Waals surface area contributed by atoms with E-state index >= 15 is 0 Å². The largest absolute Gasteiger partial charge is 0.494 e. The van der Waals surface area contributed by atoms with Crippen LogP contribution < -0.4 is 31.4 Å². The van der Waals surface area contributed by atoms with E-state index in [-0.39, 0.29) is 12.3 Å². The van der Waals surface area contributed by atoms with Crippen molar-refractivity contribution in [3.05, 3.63) is 71.4 Å². The van der Waals surface area contributed by atoms with Gasteiger partial charge in [0.15, 0.2) is 17.3 Å². The quantitative estimate of drug-likeness (QED) is 0.285. The Morgan fingerprint density at radius 2 is 1.95 bits per heavy atom. The molecule has 5 rings (SSSR count). The number of hydrogen-bond donors (Lipinski definition) is 4. The number of primary amides is 1. The maximum Gasteiger partial charge on any atom is 0.269 e. The lowest BCUT2D eigenvalue weighted by molar-refractivity contribution is 0.0996. The van der Waals surface area contributed by atoms with Crippen LogP contribution in [-0.2, 0) is 13.2 Å². The molecule has 0 aliphatic carbocycles. The maximum absolute atomic E-state index is 12.5. The molecule has 11 nitrogen and oxygen atoms in total. The van der Waals surface area contributed by atoms with E-state index in [1.807, 2.05) is 31.2 Å². The number of aromatic nitrogens is 4. The average Bonchev–Trinajstić information content (AvgIpc) is 3.40. The summed E-state index contributed by atoms with van der Waals surface area (Å²) in [6.45, 7) is 2.79. The second kappa shape index (κ2) is 10.1. The molecule has 1 amide bonds. The summed E-state index contributed by atoms with van der Waals surface area (Å²) < 4.78 is 10.9. The van der Waals surface area contributed by atoms with Crippen LogP contribution >= 0.6 is 0 Å². The lowest BCUT2D eigenvalue weighted by Crippen LogP contribution is -2.17. The molecule has 4 aromatic rings. The van der Waals surface area contributed by atoms with Crippen LogP contribution in [0.4, 0.5) is 11.4 Å². The fourth-order valence-corrected chi connectivity index (χ4v) is 4.27. The zero-order valence-corrected chi connectivity index (χ0v) is 20.6. The Bertz CT molecular complexity index is 1470. The van der Waals surface area contributed by atoms with Gasteiger partial charge in [-0.25, -0.2) is 25.4 Å². The van der Waals surface area contributed by atoms with Crippen molar-refractivity contribution in [2.75, 3.05) is 24.9 Å². The standard InChI is InChI=1S/C26H26N8O3/c1-14-7-8-18-17(12-31-34-18)23(14)16-9-20(33-25(26(27)35)24(16)28-2)19-5-4-6-22(32-19)37-13-21-29-10-15(36-3)11-30-21/h4-11,28,31,34H,12-13H2,1-3H3,(H2,27,35). The SMILES string of the molecule is CNc1c(-c2c(C)ccc3c2CNN3)cc(-c2cccc(OCc3ncc(OC)cn3)n2)nc1C(N)=O. The number of rotatable bonds is 8. The number of nitrogens with two attached hydrogens (primary N) is 1. The molecule has 3 aromatic heterocycles. The first kappa shape index (κ1) is 23.9. The number of benzene rings is 1. The van der Waals surface area contributed by atoms with Crippen LogP contribution in [0.5, 0.6) is 11.6 Å². The van der Waals surface area contributed by atoms with Gasteiger partial charge in [0.2, 0.25) is 5.88 Å². The molecule has 0 radical (unpaired) electrons. The molecule has 0 saturated carbocycles. The van der Waals surface area contributed by atoms with Crippen molar-refractivity contribution in [2.24, 2.45) is 5.73 Å². The molecule has 0 bridgehead atoms. The summed E-state index contributed by atoms with van der Waals surface area (Å²) in [5.41, 5.74) is 18.7. The Morgan fingerprint density at radius 3 is 2.68 bits per heavy atom. The maximum atomic E-state index is 12.5. The first-order valence-electron chi connectivity index (χ1n) is 11.6. The van der Waals surface area contributed by atoms with Crippen molar-refractivity contribution in [3.63, 3.8) is 0 Å². The predicted octanol–water partition coefficient (Wildman–Crippen LogP) is 3.07. The van der Waals surface area contributed by atoms with Gasteiger partial charge in [0, 0.05) is 30.8 Å². The van der Waals surface area contributed by atoms with E-state index in [0.29, 0.717) is 41.1 Å². The number of carbonyl (C=O) groups excluding carboxylic acids is 1. The summed E-state index contributed by atoms with van der Waals surface area (Å²) in [5.74, 6) is 0.770. The molecule has 1 aliphatic heterocycles. The second-order valence-electron chi connectivity index (χ2n) is 8.34. The molecule has 11 heteroatoms. The minimum atomic E-state index is -0.641. The molecule has 0 unspecified atom stereocenters. The van der Waals surface area contributed by atoms with Crippen molar-refractivity contribution >= 4 is 17.3 Å². The molecule has 1 aliphatic rings. The molecule has 0 saturated heterocycles. The molecular formula is C26H26N8O3. The third-order valence-electron chi connectivity index (χ3n) is 6.03. The van der Waals surface area contributed by atoms with Crippen LogP contribution in [-0.4, -0.2) is 40.0 Å². The van der Waals surface area contributed by atoms with E-state index in [9.17, 15) is 4.79 Å². The van der Waals surface area contributed by atoms with Gasteiger partial charge in [0.1, 0.15) is 6.61 Å². The summed E-state index contributed by atoms with van der Waals surface area (Å²) in [4.78, 5) is 30.1. The van der Waals surface area contributed by atoms with Crippen LogP contribution in [0.3, 0.4) is 0 Å². The number of amides is 1. The monoisotopic (exact) mass is 498 g/mol.